The van der Waals surface area contributed by atoms with Crippen molar-refractivity contribution >= 4 is 28.8 Å². The van der Waals surface area contributed by atoms with E-state index in [9.17, 15) is 9.90 Å². The van der Waals surface area contributed by atoms with Gasteiger partial charge >= 0.3 is 0 Å². The highest BCUT2D eigenvalue weighted by Crippen LogP contribution is 2.52. The van der Waals surface area contributed by atoms with Gasteiger partial charge in [0, 0.05) is 34.5 Å². The molecular weight excluding hydrogens is 468 g/mol. The molecule has 2 aliphatic rings. The van der Waals surface area contributed by atoms with E-state index >= 15 is 0 Å². The van der Waals surface area contributed by atoms with Gasteiger partial charge in [0.15, 0.2) is 0 Å². The van der Waals surface area contributed by atoms with Gasteiger partial charge in [-0.25, -0.2) is 0 Å². The fraction of sp³-hybridized carbons (Fsp3) is 0.370. The number of nitrogens with zero attached hydrogens (tertiary/aromatic N) is 1. The van der Waals surface area contributed by atoms with E-state index in [2.05, 4.69) is 28.4 Å². The number of carbonyl (C=O) groups is 1. The number of methoxy groups -OCH3 is 1. The second-order valence-corrected chi connectivity index (χ2v) is 10.7. The Hall–Kier alpha value is -2.38. The minimum atomic E-state index is -0.169. The van der Waals surface area contributed by atoms with Crippen molar-refractivity contribution in [1.82, 2.24) is 10.2 Å². The molecule has 0 saturated carbocycles. The van der Waals surface area contributed by atoms with Crippen molar-refractivity contribution in [2.45, 2.75) is 43.4 Å². The van der Waals surface area contributed by atoms with Crippen LogP contribution in [0, 0.1) is 0 Å². The number of likely N-dealkylation sites (tertiary alicyclic amines) is 1. The van der Waals surface area contributed by atoms with Crippen LogP contribution in [-0.4, -0.2) is 42.2 Å². The predicted molar refractivity (Wildman–Crippen MR) is 135 cm³/mol. The van der Waals surface area contributed by atoms with E-state index in [0.717, 1.165) is 41.9 Å². The van der Waals surface area contributed by atoms with E-state index in [0.29, 0.717) is 18.0 Å². The molecule has 2 aromatic carbocycles. The van der Waals surface area contributed by atoms with E-state index in [-0.39, 0.29) is 29.2 Å². The maximum absolute atomic E-state index is 12.9. The molecule has 3 aromatic rings. The van der Waals surface area contributed by atoms with Crippen LogP contribution >= 0.6 is 22.9 Å². The standard InChI is InChI=1S/C27H29ClN2O3S/c1-33-26-25(29-24(32)16-20-5-4-14-34-20)21-6-2-3-7-22(21)27(26)10-12-30(13-11-27)17-18-15-19(28)8-9-23(18)31/h2-9,14-15,25-26,31H,10-13,16-17H2,1H3,(H,29,32)/t25-,26+/m0/s1. The first-order valence-electron chi connectivity index (χ1n) is 11.6. The molecule has 1 saturated heterocycles. The fourth-order valence-electron chi connectivity index (χ4n) is 5.75. The number of carbonyl (C=O) groups excluding carboxylic acids is 1. The highest BCUT2D eigenvalue weighted by molar-refractivity contribution is 7.10. The summed E-state index contributed by atoms with van der Waals surface area (Å²) in [7, 11) is 1.76. The lowest BCUT2D eigenvalue weighted by molar-refractivity contribution is -0.122. The largest absolute Gasteiger partial charge is 0.508 e. The summed E-state index contributed by atoms with van der Waals surface area (Å²) in [6.07, 6.45) is 2.10. The van der Waals surface area contributed by atoms with Crippen molar-refractivity contribution in [2.24, 2.45) is 0 Å². The molecule has 5 rings (SSSR count). The number of ether oxygens (including phenoxy) is 1. The molecule has 1 aromatic heterocycles. The third kappa shape index (κ3) is 4.36. The third-order valence-corrected chi connectivity index (χ3v) is 8.46. The molecular formula is C27H29ClN2O3S. The number of phenolic OH excluding ortho intramolecular Hbond substituents is 1. The number of halogens is 1. The number of rotatable bonds is 6. The predicted octanol–water partition coefficient (Wildman–Crippen LogP) is 5.07. The molecule has 178 valence electrons. The van der Waals surface area contributed by atoms with Crippen LogP contribution < -0.4 is 5.32 Å². The first-order chi connectivity index (χ1) is 16.5. The molecule has 1 fully saturated rings. The molecule has 2 atom stereocenters. The number of hydrogen-bond donors (Lipinski definition) is 2. The quantitative estimate of drug-likeness (QED) is 0.500. The van der Waals surface area contributed by atoms with Gasteiger partial charge in [-0.15, -0.1) is 11.3 Å². The number of amides is 1. The van der Waals surface area contributed by atoms with E-state index in [4.69, 9.17) is 16.3 Å². The number of benzene rings is 2. The normalized spacial score (nSPS) is 21.5. The van der Waals surface area contributed by atoms with Crippen LogP contribution in [0.1, 0.15) is 40.5 Å². The molecule has 2 heterocycles. The Kier molecular flexibility index (Phi) is 6.67. The molecule has 1 aliphatic heterocycles. The van der Waals surface area contributed by atoms with Crippen molar-refractivity contribution < 1.29 is 14.6 Å². The number of aromatic hydroxyl groups is 1. The van der Waals surface area contributed by atoms with Crippen molar-refractivity contribution in [2.75, 3.05) is 20.2 Å². The summed E-state index contributed by atoms with van der Waals surface area (Å²) in [4.78, 5) is 16.3. The van der Waals surface area contributed by atoms with E-state index in [1.54, 1.807) is 30.6 Å². The van der Waals surface area contributed by atoms with E-state index in [1.807, 2.05) is 29.6 Å². The lowest BCUT2D eigenvalue weighted by Crippen LogP contribution is -2.50. The van der Waals surface area contributed by atoms with Crippen LogP contribution in [0.5, 0.6) is 5.75 Å². The second-order valence-electron chi connectivity index (χ2n) is 9.25. The Morgan fingerprint density at radius 3 is 2.74 bits per heavy atom. The third-order valence-electron chi connectivity index (χ3n) is 7.35. The molecule has 2 N–H and O–H groups in total. The molecule has 0 radical (unpaired) electrons. The minimum Gasteiger partial charge on any atom is -0.508 e. The van der Waals surface area contributed by atoms with Gasteiger partial charge in [0.2, 0.25) is 5.91 Å². The molecule has 34 heavy (non-hydrogen) atoms. The average molecular weight is 497 g/mol. The van der Waals surface area contributed by atoms with Crippen molar-refractivity contribution in [3.05, 3.63) is 86.6 Å². The Labute approximate surface area is 209 Å². The Bertz CT molecular complexity index is 1160. The zero-order valence-corrected chi connectivity index (χ0v) is 20.7. The monoisotopic (exact) mass is 496 g/mol. The highest BCUT2D eigenvalue weighted by Gasteiger charge is 2.53. The molecule has 7 heteroatoms. The SMILES string of the molecule is CO[C@@H]1[C@@H](NC(=O)Cc2cccs2)c2ccccc2C12CCN(Cc1cc(Cl)ccc1O)CC2. The number of phenols is 1. The first kappa shape index (κ1) is 23.4. The smallest absolute Gasteiger partial charge is 0.225 e. The van der Waals surface area contributed by atoms with Gasteiger partial charge in [-0.1, -0.05) is 41.9 Å². The van der Waals surface area contributed by atoms with E-state index in [1.165, 1.54) is 5.56 Å². The Morgan fingerprint density at radius 2 is 2.00 bits per heavy atom. The topological polar surface area (TPSA) is 61.8 Å². The lowest BCUT2D eigenvalue weighted by Gasteiger charge is -2.44. The number of hydrogen-bond acceptors (Lipinski definition) is 5. The van der Waals surface area contributed by atoms with Gasteiger partial charge in [0.25, 0.3) is 0 Å². The molecule has 0 bridgehead atoms. The van der Waals surface area contributed by atoms with Crippen molar-refractivity contribution in [1.29, 1.82) is 0 Å². The number of piperidine rings is 1. The van der Waals surface area contributed by atoms with Crippen LogP contribution in [0.25, 0.3) is 0 Å². The minimum absolute atomic E-state index is 0.0234. The van der Waals surface area contributed by atoms with Crippen molar-refractivity contribution in [3.63, 3.8) is 0 Å². The van der Waals surface area contributed by atoms with Gasteiger partial charge in [0.05, 0.1) is 18.6 Å². The summed E-state index contributed by atoms with van der Waals surface area (Å²) >= 11 is 7.75. The maximum atomic E-state index is 12.9. The summed E-state index contributed by atoms with van der Waals surface area (Å²) in [6.45, 7) is 2.40. The van der Waals surface area contributed by atoms with Crippen LogP contribution in [0.4, 0.5) is 0 Å². The van der Waals surface area contributed by atoms with Crippen LogP contribution in [0.15, 0.2) is 60.0 Å². The van der Waals surface area contributed by atoms with Crippen LogP contribution in [-0.2, 0) is 27.9 Å². The number of thiophene rings is 1. The summed E-state index contributed by atoms with van der Waals surface area (Å²) in [5.41, 5.74) is 3.14. The number of fused-ring (bicyclic) bond motifs is 2. The summed E-state index contributed by atoms with van der Waals surface area (Å²) < 4.78 is 6.14. The van der Waals surface area contributed by atoms with Gasteiger partial charge in [-0.2, -0.15) is 0 Å². The van der Waals surface area contributed by atoms with Crippen LogP contribution in [0.2, 0.25) is 5.02 Å². The molecule has 1 amide bonds. The van der Waals surface area contributed by atoms with Gasteiger partial charge in [-0.3, -0.25) is 9.69 Å². The summed E-state index contributed by atoms with van der Waals surface area (Å²) in [6, 6.07) is 17.4. The summed E-state index contributed by atoms with van der Waals surface area (Å²) in [5, 5.41) is 16.2. The zero-order valence-electron chi connectivity index (χ0n) is 19.2. The molecule has 1 spiro atoms. The molecule has 5 nitrogen and oxygen atoms in total. The highest BCUT2D eigenvalue weighted by atomic mass is 35.5. The summed E-state index contributed by atoms with van der Waals surface area (Å²) in [5.74, 6) is 0.300. The van der Waals surface area contributed by atoms with E-state index < -0.39 is 0 Å². The Morgan fingerprint density at radius 1 is 1.21 bits per heavy atom. The number of nitrogens with one attached hydrogen (secondary N) is 1. The lowest BCUT2D eigenvalue weighted by atomic mass is 9.71. The maximum Gasteiger partial charge on any atom is 0.225 e. The zero-order chi connectivity index (χ0) is 23.7. The van der Waals surface area contributed by atoms with Gasteiger partial charge in [0.1, 0.15) is 5.75 Å². The molecule has 0 unspecified atom stereocenters. The average Bonchev–Trinajstić information content (AvgIpc) is 3.43. The Balaban J connectivity index is 1.35. The van der Waals surface area contributed by atoms with Gasteiger partial charge in [-0.05, 0) is 66.7 Å². The van der Waals surface area contributed by atoms with Crippen LogP contribution in [0.3, 0.4) is 0 Å². The van der Waals surface area contributed by atoms with Crippen molar-refractivity contribution in [3.8, 4) is 5.75 Å². The van der Waals surface area contributed by atoms with Gasteiger partial charge < -0.3 is 15.2 Å². The fourth-order valence-corrected chi connectivity index (χ4v) is 6.65. The molecule has 1 aliphatic carbocycles. The first-order valence-corrected chi connectivity index (χ1v) is 12.9. The second kappa shape index (κ2) is 9.70.